The first-order valence-electron chi connectivity index (χ1n) is 4.80. The molecule has 0 saturated heterocycles. The molecule has 0 saturated carbocycles. The minimum absolute atomic E-state index is 0.968. The van der Waals surface area contributed by atoms with Gasteiger partial charge in [0.15, 0.2) is 5.44 Å². The quantitative estimate of drug-likeness (QED) is 0.731. The number of aliphatic hydroxyl groups is 1. The molecular weight excluding hydrogens is 228 g/mol. The van der Waals surface area contributed by atoms with Gasteiger partial charge in [0.2, 0.25) is 0 Å². The van der Waals surface area contributed by atoms with E-state index in [1.807, 2.05) is 0 Å². The molecule has 4 nitrogen and oxygen atoms in total. The summed E-state index contributed by atoms with van der Waals surface area (Å²) in [4.78, 5) is 0. The van der Waals surface area contributed by atoms with Crippen molar-refractivity contribution in [1.29, 1.82) is 0 Å². The zero-order valence-corrected chi connectivity index (χ0v) is 9.68. The third kappa shape index (κ3) is 3.77. The lowest BCUT2D eigenvalue weighted by molar-refractivity contribution is 0.252. The number of fused-ring (bicyclic) bond motifs is 1. The molecular formula is C11H14O4S. The van der Waals surface area contributed by atoms with Crippen LogP contribution in [0.25, 0.3) is 6.08 Å². The van der Waals surface area contributed by atoms with Crippen molar-refractivity contribution in [3.05, 3.63) is 41.5 Å². The van der Waals surface area contributed by atoms with Gasteiger partial charge in [0, 0.05) is 0 Å². The summed E-state index contributed by atoms with van der Waals surface area (Å²) in [5.74, 6) is 0. The molecule has 2 N–H and O–H groups in total. The van der Waals surface area contributed by atoms with E-state index in [-0.39, 0.29) is 0 Å². The molecule has 2 rings (SSSR count). The van der Waals surface area contributed by atoms with Crippen molar-refractivity contribution < 1.29 is 18.1 Å². The lowest BCUT2D eigenvalue weighted by Crippen LogP contribution is -2.14. The van der Waals surface area contributed by atoms with Gasteiger partial charge < -0.3 is 5.11 Å². The van der Waals surface area contributed by atoms with Crippen LogP contribution in [-0.4, -0.2) is 23.5 Å². The highest BCUT2D eigenvalue weighted by atomic mass is 32.2. The molecule has 1 aromatic carbocycles. The first-order chi connectivity index (χ1) is 7.41. The van der Waals surface area contributed by atoms with Crippen LogP contribution >= 0.6 is 0 Å². The van der Waals surface area contributed by atoms with Crippen molar-refractivity contribution in [3.63, 3.8) is 0 Å². The molecule has 0 heterocycles. The molecule has 0 radical (unpaired) electrons. The predicted molar refractivity (Wildman–Crippen MR) is 62.4 cm³/mol. The number of benzene rings is 1. The summed E-state index contributed by atoms with van der Waals surface area (Å²) in [6.45, 7) is 0.968. The topological polar surface area (TPSA) is 74.6 Å². The van der Waals surface area contributed by atoms with Crippen LogP contribution < -0.4 is 0 Å². The van der Waals surface area contributed by atoms with Crippen LogP contribution in [0.3, 0.4) is 0 Å². The van der Waals surface area contributed by atoms with E-state index in [1.165, 1.54) is 11.1 Å². The van der Waals surface area contributed by atoms with Crippen molar-refractivity contribution in [1.82, 2.24) is 0 Å². The molecule has 0 aliphatic heterocycles. The van der Waals surface area contributed by atoms with Crippen LogP contribution in [0.15, 0.2) is 30.3 Å². The maximum Gasteiger partial charge on any atom is 0.291 e. The van der Waals surface area contributed by atoms with Crippen LogP contribution in [0.4, 0.5) is 0 Å². The summed E-state index contributed by atoms with van der Waals surface area (Å²) >= 11 is 0. The molecule has 0 spiro atoms. The van der Waals surface area contributed by atoms with Crippen molar-refractivity contribution in [2.75, 3.05) is 0 Å². The van der Waals surface area contributed by atoms with Crippen LogP contribution in [0.1, 0.15) is 18.1 Å². The molecule has 1 aliphatic carbocycles. The third-order valence-corrected chi connectivity index (χ3v) is 2.98. The SMILES string of the molecule is C1=Cc2ccccc2C1.CC(O)S(=O)(=O)O. The van der Waals surface area contributed by atoms with E-state index in [1.54, 1.807) is 0 Å². The average molecular weight is 242 g/mol. The van der Waals surface area contributed by atoms with Gasteiger partial charge in [-0.3, -0.25) is 4.55 Å². The monoisotopic (exact) mass is 242 g/mol. The Balaban J connectivity index is 0.000000168. The summed E-state index contributed by atoms with van der Waals surface area (Å²) in [5.41, 5.74) is 1.17. The highest BCUT2D eigenvalue weighted by molar-refractivity contribution is 7.86. The maximum atomic E-state index is 9.64. The summed E-state index contributed by atoms with van der Waals surface area (Å²) in [6.07, 6.45) is 5.50. The number of rotatable bonds is 1. The van der Waals surface area contributed by atoms with Gasteiger partial charge >= 0.3 is 0 Å². The highest BCUT2D eigenvalue weighted by Gasteiger charge is 2.10. The van der Waals surface area contributed by atoms with Gasteiger partial charge in [-0.2, -0.15) is 8.42 Å². The van der Waals surface area contributed by atoms with E-state index in [0.29, 0.717) is 0 Å². The molecule has 88 valence electrons. The second-order valence-electron chi connectivity index (χ2n) is 3.42. The normalized spacial score (nSPS) is 14.9. The van der Waals surface area contributed by atoms with E-state index in [0.717, 1.165) is 13.3 Å². The fourth-order valence-corrected chi connectivity index (χ4v) is 1.20. The lowest BCUT2D eigenvalue weighted by atomic mass is 10.1. The average Bonchev–Trinajstić information content (AvgIpc) is 2.64. The molecule has 0 amide bonds. The second kappa shape index (κ2) is 5.25. The Hall–Kier alpha value is -1.17. The number of hydrogen-bond acceptors (Lipinski definition) is 3. The Morgan fingerprint density at radius 1 is 1.31 bits per heavy atom. The third-order valence-electron chi connectivity index (χ3n) is 2.12. The second-order valence-corrected chi connectivity index (χ2v) is 5.13. The molecule has 16 heavy (non-hydrogen) atoms. The number of hydrogen-bond donors (Lipinski definition) is 2. The zero-order chi connectivity index (χ0) is 12.2. The van der Waals surface area contributed by atoms with E-state index in [2.05, 4.69) is 36.4 Å². The summed E-state index contributed by atoms with van der Waals surface area (Å²) in [5, 5.41) is 8.05. The minimum Gasteiger partial charge on any atom is -0.375 e. The minimum atomic E-state index is -4.19. The van der Waals surface area contributed by atoms with E-state index in [4.69, 9.17) is 9.66 Å². The Labute approximate surface area is 95.0 Å². The fourth-order valence-electron chi connectivity index (χ4n) is 1.20. The smallest absolute Gasteiger partial charge is 0.291 e. The van der Waals surface area contributed by atoms with Crippen molar-refractivity contribution in [2.45, 2.75) is 18.8 Å². The van der Waals surface area contributed by atoms with Gasteiger partial charge in [-0.15, -0.1) is 0 Å². The molecule has 0 bridgehead atoms. The van der Waals surface area contributed by atoms with Crippen LogP contribution in [-0.2, 0) is 16.5 Å². The number of allylic oxidation sites excluding steroid dienone is 1. The van der Waals surface area contributed by atoms with Crippen LogP contribution in [0, 0.1) is 0 Å². The zero-order valence-electron chi connectivity index (χ0n) is 8.87. The first-order valence-corrected chi connectivity index (χ1v) is 6.30. The summed E-state index contributed by atoms with van der Waals surface area (Å²) in [7, 11) is -4.19. The van der Waals surface area contributed by atoms with Crippen LogP contribution in [0.5, 0.6) is 0 Å². The van der Waals surface area contributed by atoms with Gasteiger partial charge in [0.05, 0.1) is 0 Å². The lowest BCUT2D eigenvalue weighted by Gasteiger charge is -1.94. The fraction of sp³-hybridized carbons (Fsp3) is 0.273. The van der Waals surface area contributed by atoms with Crippen LogP contribution in [0.2, 0.25) is 0 Å². The molecule has 1 atom stereocenters. The standard InChI is InChI=1S/C9H8.C2H6O4S/c1-2-5-9-7-3-6-8(9)4-1;1-2(3)7(4,5)6/h1-6H,7H2;2-3H,1H3,(H,4,5,6). The van der Waals surface area contributed by atoms with E-state index >= 15 is 0 Å². The van der Waals surface area contributed by atoms with Gasteiger partial charge in [0.1, 0.15) is 0 Å². The van der Waals surface area contributed by atoms with E-state index in [9.17, 15) is 8.42 Å². The highest BCUT2D eigenvalue weighted by Crippen LogP contribution is 2.17. The Morgan fingerprint density at radius 3 is 2.38 bits per heavy atom. The van der Waals surface area contributed by atoms with Gasteiger partial charge in [-0.05, 0) is 24.5 Å². The Bertz CT molecular complexity index is 475. The summed E-state index contributed by atoms with van der Waals surface area (Å²) in [6, 6.07) is 8.49. The maximum absolute atomic E-state index is 9.64. The summed E-state index contributed by atoms with van der Waals surface area (Å²) < 4.78 is 27.1. The molecule has 1 aromatic rings. The van der Waals surface area contributed by atoms with Gasteiger partial charge in [-0.25, -0.2) is 0 Å². The first kappa shape index (κ1) is 12.9. The molecule has 1 aliphatic rings. The van der Waals surface area contributed by atoms with E-state index < -0.39 is 15.6 Å². The molecule has 1 unspecified atom stereocenters. The van der Waals surface area contributed by atoms with Gasteiger partial charge in [0.25, 0.3) is 10.1 Å². The molecule has 0 aromatic heterocycles. The van der Waals surface area contributed by atoms with Crippen molar-refractivity contribution in [2.24, 2.45) is 0 Å². The largest absolute Gasteiger partial charge is 0.375 e. The van der Waals surface area contributed by atoms with Gasteiger partial charge in [-0.1, -0.05) is 36.4 Å². The Kier molecular flexibility index (Phi) is 4.23. The van der Waals surface area contributed by atoms with Crippen molar-refractivity contribution in [3.8, 4) is 0 Å². The molecule has 5 heteroatoms. The number of aliphatic hydroxyl groups excluding tert-OH is 1. The predicted octanol–water partition coefficient (Wildman–Crippen LogP) is 1.47. The van der Waals surface area contributed by atoms with Crippen molar-refractivity contribution >= 4 is 16.2 Å². The molecule has 0 fully saturated rings. The Morgan fingerprint density at radius 2 is 1.88 bits per heavy atom.